The standard InChI is InChI=1S/C10H13FN4O/c1-6-8(9(11)15(2)14-6)5-12-13-10(16)7-3-4-7/h5,7H,3-4H2,1-2H3,(H,13,16)/b12-5+. The molecule has 0 saturated heterocycles. The lowest BCUT2D eigenvalue weighted by atomic mass is 10.3. The van der Waals surface area contributed by atoms with Crippen molar-refractivity contribution >= 4 is 12.1 Å². The zero-order chi connectivity index (χ0) is 11.7. The van der Waals surface area contributed by atoms with E-state index in [2.05, 4.69) is 15.6 Å². The number of hydrazone groups is 1. The molecule has 2 rings (SSSR count). The lowest BCUT2D eigenvalue weighted by molar-refractivity contribution is -0.122. The summed E-state index contributed by atoms with van der Waals surface area (Å²) in [6, 6.07) is 0. The number of hydrogen-bond acceptors (Lipinski definition) is 3. The number of aryl methyl sites for hydroxylation is 2. The Labute approximate surface area is 92.3 Å². The van der Waals surface area contributed by atoms with Crippen molar-refractivity contribution < 1.29 is 9.18 Å². The summed E-state index contributed by atoms with van der Waals surface area (Å²) in [5, 5.41) is 7.61. The molecule has 1 heterocycles. The maximum Gasteiger partial charge on any atom is 0.243 e. The van der Waals surface area contributed by atoms with Crippen LogP contribution in [0, 0.1) is 18.8 Å². The van der Waals surface area contributed by atoms with Gasteiger partial charge in [-0.05, 0) is 19.8 Å². The van der Waals surface area contributed by atoms with Gasteiger partial charge in [0.2, 0.25) is 11.9 Å². The SMILES string of the molecule is Cc1nn(C)c(F)c1/C=N/NC(=O)C1CC1. The van der Waals surface area contributed by atoms with Crippen LogP contribution in [0.3, 0.4) is 0 Å². The second-order valence-corrected chi connectivity index (χ2v) is 3.92. The highest BCUT2D eigenvalue weighted by Crippen LogP contribution is 2.28. The third-order valence-electron chi connectivity index (χ3n) is 2.51. The number of carbonyl (C=O) groups is 1. The van der Waals surface area contributed by atoms with E-state index in [-0.39, 0.29) is 11.8 Å². The highest BCUT2D eigenvalue weighted by atomic mass is 19.1. The minimum Gasteiger partial charge on any atom is -0.273 e. The first-order valence-corrected chi connectivity index (χ1v) is 5.11. The van der Waals surface area contributed by atoms with Crippen molar-refractivity contribution in [2.75, 3.05) is 0 Å². The first-order chi connectivity index (χ1) is 7.59. The molecule has 1 aromatic rings. The van der Waals surface area contributed by atoms with Crippen molar-refractivity contribution in [1.82, 2.24) is 15.2 Å². The van der Waals surface area contributed by atoms with E-state index in [1.54, 1.807) is 6.92 Å². The molecule has 1 amide bonds. The first kappa shape index (κ1) is 10.8. The fourth-order valence-electron chi connectivity index (χ4n) is 1.39. The van der Waals surface area contributed by atoms with Crippen LogP contribution in [-0.4, -0.2) is 21.9 Å². The summed E-state index contributed by atoms with van der Waals surface area (Å²) in [6.45, 7) is 1.69. The van der Waals surface area contributed by atoms with Crippen molar-refractivity contribution in [3.8, 4) is 0 Å². The van der Waals surface area contributed by atoms with E-state index in [1.807, 2.05) is 0 Å². The molecule has 1 aliphatic carbocycles. The van der Waals surface area contributed by atoms with Crippen molar-refractivity contribution in [1.29, 1.82) is 0 Å². The number of rotatable bonds is 3. The molecule has 0 spiro atoms. The van der Waals surface area contributed by atoms with Gasteiger partial charge in [0.05, 0.1) is 17.5 Å². The summed E-state index contributed by atoms with van der Waals surface area (Å²) in [6.07, 6.45) is 3.13. The molecule has 1 fully saturated rings. The molecule has 86 valence electrons. The molecule has 1 saturated carbocycles. The van der Waals surface area contributed by atoms with E-state index >= 15 is 0 Å². The van der Waals surface area contributed by atoms with Crippen molar-refractivity contribution in [3.63, 3.8) is 0 Å². The van der Waals surface area contributed by atoms with Crippen LogP contribution in [0.25, 0.3) is 0 Å². The predicted octanol–water partition coefficient (Wildman–Crippen LogP) is 0.728. The van der Waals surface area contributed by atoms with E-state index in [0.29, 0.717) is 11.3 Å². The third-order valence-corrected chi connectivity index (χ3v) is 2.51. The van der Waals surface area contributed by atoms with Gasteiger partial charge in [-0.25, -0.2) is 10.1 Å². The Hall–Kier alpha value is -1.72. The summed E-state index contributed by atoms with van der Waals surface area (Å²) in [7, 11) is 1.52. The Morgan fingerprint density at radius 3 is 2.88 bits per heavy atom. The topological polar surface area (TPSA) is 59.3 Å². The highest BCUT2D eigenvalue weighted by Gasteiger charge is 2.29. The summed E-state index contributed by atoms with van der Waals surface area (Å²) in [4.78, 5) is 11.2. The maximum atomic E-state index is 13.4. The van der Waals surface area contributed by atoms with Crippen LogP contribution >= 0.6 is 0 Å². The molecule has 0 unspecified atom stereocenters. The lowest BCUT2D eigenvalue weighted by Crippen LogP contribution is -2.19. The van der Waals surface area contributed by atoms with Crippen LogP contribution in [0.5, 0.6) is 0 Å². The first-order valence-electron chi connectivity index (χ1n) is 5.11. The second-order valence-electron chi connectivity index (χ2n) is 3.92. The normalized spacial score (nSPS) is 15.7. The Balaban J connectivity index is 2.02. The van der Waals surface area contributed by atoms with E-state index in [0.717, 1.165) is 17.5 Å². The molecule has 6 heteroatoms. The van der Waals surface area contributed by atoms with E-state index in [4.69, 9.17) is 0 Å². The molecule has 0 atom stereocenters. The highest BCUT2D eigenvalue weighted by molar-refractivity contribution is 5.85. The number of amides is 1. The largest absolute Gasteiger partial charge is 0.273 e. The van der Waals surface area contributed by atoms with Gasteiger partial charge in [-0.2, -0.15) is 14.6 Å². The fourth-order valence-corrected chi connectivity index (χ4v) is 1.39. The van der Waals surface area contributed by atoms with Crippen molar-refractivity contribution in [2.24, 2.45) is 18.1 Å². The van der Waals surface area contributed by atoms with Gasteiger partial charge in [0, 0.05) is 13.0 Å². The minimum atomic E-state index is -0.457. The predicted molar refractivity (Wildman–Crippen MR) is 56.4 cm³/mol. The quantitative estimate of drug-likeness (QED) is 0.607. The van der Waals surface area contributed by atoms with Gasteiger partial charge in [-0.3, -0.25) is 4.79 Å². The number of halogens is 1. The van der Waals surface area contributed by atoms with Gasteiger partial charge in [0.15, 0.2) is 0 Å². The zero-order valence-electron chi connectivity index (χ0n) is 9.20. The molecule has 1 N–H and O–H groups in total. The van der Waals surface area contributed by atoms with E-state index < -0.39 is 5.95 Å². The Kier molecular flexibility index (Phi) is 2.72. The molecule has 16 heavy (non-hydrogen) atoms. The van der Waals surface area contributed by atoms with Crippen molar-refractivity contribution in [3.05, 3.63) is 17.2 Å². The molecule has 1 aliphatic rings. The molecular weight excluding hydrogens is 211 g/mol. The van der Waals surface area contributed by atoms with Crippen molar-refractivity contribution in [2.45, 2.75) is 19.8 Å². The third kappa shape index (κ3) is 2.10. The Morgan fingerprint density at radius 1 is 1.69 bits per heavy atom. The fraction of sp³-hybridized carbons (Fsp3) is 0.500. The van der Waals surface area contributed by atoms with Crippen LogP contribution in [0.2, 0.25) is 0 Å². The van der Waals surface area contributed by atoms with Gasteiger partial charge in [-0.15, -0.1) is 0 Å². The van der Waals surface area contributed by atoms with Crippen LogP contribution < -0.4 is 5.43 Å². The van der Waals surface area contributed by atoms with Crippen LogP contribution in [0.4, 0.5) is 4.39 Å². The Bertz CT molecular complexity index is 448. The summed E-state index contributed by atoms with van der Waals surface area (Å²) in [5.41, 5.74) is 3.23. The number of nitrogens with one attached hydrogen (secondary N) is 1. The van der Waals surface area contributed by atoms with Gasteiger partial charge < -0.3 is 0 Å². The van der Waals surface area contributed by atoms with Gasteiger partial charge in [0.1, 0.15) is 0 Å². The number of nitrogens with zero attached hydrogens (tertiary/aromatic N) is 3. The number of carbonyl (C=O) groups excluding carboxylic acids is 1. The molecule has 0 aromatic carbocycles. The summed E-state index contributed by atoms with van der Waals surface area (Å²) < 4.78 is 14.6. The van der Waals surface area contributed by atoms with E-state index in [1.165, 1.54) is 13.3 Å². The average Bonchev–Trinajstić information content (AvgIpc) is 3.02. The van der Waals surface area contributed by atoms with Gasteiger partial charge in [0.25, 0.3) is 0 Å². The van der Waals surface area contributed by atoms with Crippen LogP contribution in [0.15, 0.2) is 5.10 Å². The summed E-state index contributed by atoms with van der Waals surface area (Å²) >= 11 is 0. The smallest absolute Gasteiger partial charge is 0.243 e. The number of aromatic nitrogens is 2. The number of hydrogen-bond donors (Lipinski definition) is 1. The van der Waals surface area contributed by atoms with E-state index in [9.17, 15) is 9.18 Å². The molecule has 1 aromatic heterocycles. The van der Waals surface area contributed by atoms with Gasteiger partial charge in [-0.1, -0.05) is 0 Å². The molecule has 0 radical (unpaired) electrons. The molecule has 5 nitrogen and oxygen atoms in total. The summed E-state index contributed by atoms with van der Waals surface area (Å²) in [5.74, 6) is -0.461. The van der Waals surface area contributed by atoms with Crippen LogP contribution in [-0.2, 0) is 11.8 Å². The second kappa shape index (κ2) is 4.03. The molecule has 0 aliphatic heterocycles. The monoisotopic (exact) mass is 224 g/mol. The average molecular weight is 224 g/mol. The van der Waals surface area contributed by atoms with Crippen LogP contribution in [0.1, 0.15) is 24.1 Å². The molecule has 0 bridgehead atoms. The maximum absolute atomic E-state index is 13.4. The minimum absolute atomic E-state index is 0.0944. The zero-order valence-corrected chi connectivity index (χ0v) is 9.20. The lowest BCUT2D eigenvalue weighted by Gasteiger charge is -1.95. The molecular formula is C10H13FN4O. The Morgan fingerprint density at radius 2 is 2.38 bits per heavy atom. The van der Waals surface area contributed by atoms with Gasteiger partial charge >= 0.3 is 0 Å².